The number of rotatable bonds is 3. The number of amides is 2. The van der Waals surface area contributed by atoms with Crippen molar-refractivity contribution in [1.29, 1.82) is 0 Å². The Morgan fingerprint density at radius 2 is 1.60 bits per heavy atom. The molecule has 0 saturated heterocycles. The first-order valence-electron chi connectivity index (χ1n) is 4.81. The third-order valence-corrected chi connectivity index (χ3v) is 1.74. The summed E-state index contributed by atoms with van der Waals surface area (Å²) in [6.45, 7) is 6.39. The molecule has 0 heterocycles. The fourth-order valence-electron chi connectivity index (χ4n) is 1.34. The molecule has 88 valence electrons. The molecule has 0 aliphatic carbocycles. The van der Waals surface area contributed by atoms with Gasteiger partial charge in [0, 0.05) is 20.6 Å². The van der Waals surface area contributed by atoms with Crippen LogP contribution in [0.25, 0.3) is 0 Å². The molecule has 0 saturated carbocycles. The van der Waals surface area contributed by atoms with Gasteiger partial charge >= 0.3 is 12.0 Å². The topological polar surface area (TPSA) is 60.9 Å². The minimum absolute atomic E-state index is 0.00841. The molecule has 15 heavy (non-hydrogen) atoms. The van der Waals surface area contributed by atoms with Crippen LogP contribution in [0.1, 0.15) is 20.8 Å². The van der Waals surface area contributed by atoms with Crippen LogP contribution in [-0.4, -0.2) is 54.1 Å². The van der Waals surface area contributed by atoms with Crippen LogP contribution in [0, 0.1) is 5.41 Å². The Morgan fingerprint density at radius 3 is 1.93 bits per heavy atom. The van der Waals surface area contributed by atoms with Gasteiger partial charge in [-0.1, -0.05) is 20.8 Å². The first-order chi connectivity index (χ1) is 6.63. The second-order valence-electron chi connectivity index (χ2n) is 4.95. The first-order valence-corrected chi connectivity index (χ1v) is 4.81. The Kier molecular flexibility index (Phi) is 4.58. The van der Waals surface area contributed by atoms with Crippen LogP contribution >= 0.6 is 0 Å². The van der Waals surface area contributed by atoms with Gasteiger partial charge in [-0.2, -0.15) is 0 Å². The number of urea groups is 1. The van der Waals surface area contributed by atoms with E-state index in [1.165, 1.54) is 16.8 Å². The summed E-state index contributed by atoms with van der Waals surface area (Å²) < 4.78 is 0. The Labute approximate surface area is 90.7 Å². The third-order valence-electron chi connectivity index (χ3n) is 1.74. The smallest absolute Gasteiger partial charge is 0.323 e. The summed E-state index contributed by atoms with van der Waals surface area (Å²) in [5, 5.41) is 8.53. The van der Waals surface area contributed by atoms with Crippen LogP contribution in [0.3, 0.4) is 0 Å². The number of carbonyl (C=O) groups is 2. The summed E-state index contributed by atoms with van der Waals surface area (Å²) >= 11 is 0. The van der Waals surface area contributed by atoms with Crippen molar-refractivity contribution >= 4 is 12.0 Å². The molecule has 1 N–H and O–H groups in total. The van der Waals surface area contributed by atoms with Crippen molar-refractivity contribution in [1.82, 2.24) is 9.80 Å². The molecule has 0 radical (unpaired) electrons. The molecule has 0 unspecified atom stereocenters. The van der Waals surface area contributed by atoms with Crippen LogP contribution in [0.2, 0.25) is 0 Å². The van der Waals surface area contributed by atoms with Gasteiger partial charge in [-0.3, -0.25) is 4.79 Å². The van der Waals surface area contributed by atoms with Gasteiger partial charge in [0.2, 0.25) is 0 Å². The molecule has 0 rings (SSSR count). The van der Waals surface area contributed by atoms with Crippen molar-refractivity contribution in [3.05, 3.63) is 0 Å². The van der Waals surface area contributed by atoms with E-state index >= 15 is 0 Å². The monoisotopic (exact) mass is 216 g/mol. The molecular weight excluding hydrogens is 196 g/mol. The molecule has 0 spiro atoms. The van der Waals surface area contributed by atoms with E-state index in [2.05, 4.69) is 0 Å². The van der Waals surface area contributed by atoms with Gasteiger partial charge in [-0.15, -0.1) is 0 Å². The van der Waals surface area contributed by atoms with E-state index in [0.29, 0.717) is 6.54 Å². The summed E-state index contributed by atoms with van der Waals surface area (Å²) in [4.78, 5) is 24.8. The molecule has 5 nitrogen and oxygen atoms in total. The molecule has 0 aliphatic rings. The van der Waals surface area contributed by atoms with Gasteiger partial charge in [0.05, 0.1) is 0 Å². The van der Waals surface area contributed by atoms with E-state index in [1.807, 2.05) is 20.8 Å². The molecule has 0 atom stereocenters. The highest BCUT2D eigenvalue weighted by Gasteiger charge is 2.21. The quantitative estimate of drug-likeness (QED) is 0.768. The van der Waals surface area contributed by atoms with E-state index in [1.54, 1.807) is 7.05 Å². The van der Waals surface area contributed by atoms with Gasteiger partial charge in [0.1, 0.15) is 6.54 Å². The molecule has 2 amide bonds. The van der Waals surface area contributed by atoms with Crippen molar-refractivity contribution < 1.29 is 14.7 Å². The average molecular weight is 216 g/mol. The highest BCUT2D eigenvalue weighted by atomic mass is 16.4. The maximum absolute atomic E-state index is 11.6. The van der Waals surface area contributed by atoms with Crippen LogP contribution in [0.4, 0.5) is 4.79 Å². The van der Waals surface area contributed by atoms with Crippen LogP contribution in [-0.2, 0) is 4.79 Å². The molecule has 0 aromatic carbocycles. The van der Waals surface area contributed by atoms with E-state index in [9.17, 15) is 9.59 Å². The standard InChI is InChI=1S/C10H20N2O3/c1-10(2,3)7-12(5)9(15)11(4)6-8(13)14/h6-7H2,1-5H3,(H,13,14). The normalized spacial score (nSPS) is 11.0. The number of nitrogens with zero attached hydrogens (tertiary/aromatic N) is 2. The van der Waals surface area contributed by atoms with Gasteiger partial charge in [-0.05, 0) is 5.41 Å². The largest absolute Gasteiger partial charge is 0.480 e. The van der Waals surface area contributed by atoms with E-state index in [0.717, 1.165) is 0 Å². The lowest BCUT2D eigenvalue weighted by Crippen LogP contribution is -2.44. The van der Waals surface area contributed by atoms with E-state index < -0.39 is 5.97 Å². The maximum Gasteiger partial charge on any atom is 0.323 e. The van der Waals surface area contributed by atoms with Crippen LogP contribution in [0.5, 0.6) is 0 Å². The summed E-state index contributed by atoms with van der Waals surface area (Å²) in [5.41, 5.74) is 0.00841. The van der Waals surface area contributed by atoms with Crippen molar-refractivity contribution in [3.8, 4) is 0 Å². The Bertz CT molecular complexity index is 246. The molecule has 0 aromatic rings. The van der Waals surface area contributed by atoms with Crippen LogP contribution < -0.4 is 0 Å². The number of carboxylic acid groups (broad SMARTS) is 1. The molecule has 0 bridgehead atoms. The number of likely N-dealkylation sites (N-methyl/N-ethyl adjacent to an activating group) is 1. The van der Waals surface area contributed by atoms with Gasteiger partial charge in [-0.25, -0.2) is 4.79 Å². The van der Waals surface area contributed by atoms with Crippen LogP contribution in [0.15, 0.2) is 0 Å². The second kappa shape index (κ2) is 5.00. The number of aliphatic carboxylic acids is 1. The van der Waals surface area contributed by atoms with Crippen molar-refractivity contribution in [2.45, 2.75) is 20.8 Å². The van der Waals surface area contributed by atoms with E-state index in [4.69, 9.17) is 5.11 Å². The highest BCUT2D eigenvalue weighted by molar-refractivity contribution is 5.79. The summed E-state index contributed by atoms with van der Waals surface area (Å²) in [6, 6.07) is -0.271. The lowest BCUT2D eigenvalue weighted by Gasteiger charge is -2.29. The average Bonchev–Trinajstić information content (AvgIpc) is 1.98. The minimum atomic E-state index is -1.00. The van der Waals surface area contributed by atoms with Gasteiger partial charge < -0.3 is 14.9 Å². The first kappa shape index (κ1) is 13.7. The molecule has 0 aromatic heterocycles. The Balaban J connectivity index is 4.26. The van der Waals surface area contributed by atoms with Gasteiger partial charge in [0.25, 0.3) is 0 Å². The predicted molar refractivity (Wildman–Crippen MR) is 57.7 cm³/mol. The van der Waals surface area contributed by atoms with Crippen molar-refractivity contribution in [2.24, 2.45) is 5.41 Å². The highest BCUT2D eigenvalue weighted by Crippen LogP contribution is 2.14. The third kappa shape index (κ3) is 5.93. The fraction of sp³-hybridized carbons (Fsp3) is 0.800. The SMILES string of the molecule is CN(CC(=O)O)C(=O)N(C)CC(C)(C)C. The molecule has 0 fully saturated rings. The zero-order valence-corrected chi connectivity index (χ0v) is 10.1. The lowest BCUT2D eigenvalue weighted by atomic mass is 9.96. The number of carboxylic acids is 1. The lowest BCUT2D eigenvalue weighted by molar-refractivity contribution is -0.137. The van der Waals surface area contributed by atoms with Crippen molar-refractivity contribution in [3.63, 3.8) is 0 Å². The fourth-order valence-corrected chi connectivity index (χ4v) is 1.34. The maximum atomic E-state index is 11.6. The number of hydrogen-bond acceptors (Lipinski definition) is 2. The summed E-state index contributed by atoms with van der Waals surface area (Å²) in [5.74, 6) is -1.00. The van der Waals surface area contributed by atoms with Crippen molar-refractivity contribution in [2.75, 3.05) is 27.2 Å². The zero-order chi connectivity index (χ0) is 12.2. The summed E-state index contributed by atoms with van der Waals surface area (Å²) in [6.07, 6.45) is 0. The number of carbonyl (C=O) groups excluding carboxylic acids is 1. The Morgan fingerprint density at radius 1 is 1.13 bits per heavy atom. The minimum Gasteiger partial charge on any atom is -0.480 e. The molecule has 0 aliphatic heterocycles. The zero-order valence-electron chi connectivity index (χ0n) is 10.1. The number of hydrogen-bond donors (Lipinski definition) is 1. The molecular formula is C10H20N2O3. The predicted octanol–water partition coefficient (Wildman–Crippen LogP) is 1.10. The van der Waals surface area contributed by atoms with Gasteiger partial charge in [0.15, 0.2) is 0 Å². The van der Waals surface area contributed by atoms with E-state index in [-0.39, 0.29) is 18.0 Å². The second-order valence-corrected chi connectivity index (χ2v) is 4.95. The Hall–Kier alpha value is -1.26. The summed E-state index contributed by atoms with van der Waals surface area (Å²) in [7, 11) is 3.15. The molecule has 5 heteroatoms.